The van der Waals surface area contributed by atoms with Crippen molar-refractivity contribution >= 4 is 18.3 Å². The Bertz CT molecular complexity index is 65.4. The van der Waals surface area contributed by atoms with Crippen LogP contribution in [0.2, 0.25) is 0 Å². The van der Waals surface area contributed by atoms with Gasteiger partial charge in [0.25, 0.3) is 0 Å². The third-order valence-electron chi connectivity index (χ3n) is 0.624. The molecular weight excluding hydrogens is 126 g/mol. The summed E-state index contributed by atoms with van der Waals surface area (Å²) in [7, 11) is 0. The van der Waals surface area contributed by atoms with E-state index >= 15 is 0 Å². The van der Waals surface area contributed by atoms with Gasteiger partial charge in [-0.25, -0.2) is 0 Å². The number of hydrogen-bond donors (Lipinski definition) is 1. The van der Waals surface area contributed by atoms with Gasteiger partial charge < -0.3 is 5.32 Å². The average molecular weight is 138 g/mol. The lowest BCUT2D eigenvalue weighted by molar-refractivity contribution is -0.118. The third-order valence-corrected chi connectivity index (χ3v) is 0.624. The minimum atomic E-state index is 0. The van der Waals surface area contributed by atoms with E-state index < -0.39 is 0 Å². The quantitative estimate of drug-likeness (QED) is 0.604. The van der Waals surface area contributed by atoms with E-state index in [0.717, 1.165) is 13.0 Å². The van der Waals surface area contributed by atoms with Crippen molar-refractivity contribution in [1.82, 2.24) is 5.32 Å². The maximum Gasteiger partial charge on any atom is 0.216 e. The van der Waals surface area contributed by atoms with Crippen molar-refractivity contribution in [2.45, 2.75) is 20.3 Å². The van der Waals surface area contributed by atoms with Crippen LogP contribution in [0.3, 0.4) is 0 Å². The monoisotopic (exact) mass is 137 g/mol. The second kappa shape index (κ2) is 6.76. The summed E-state index contributed by atoms with van der Waals surface area (Å²) in [4.78, 5) is 10.1. The zero-order valence-corrected chi connectivity index (χ0v) is 6.05. The van der Waals surface area contributed by atoms with Gasteiger partial charge in [-0.3, -0.25) is 4.79 Å². The number of rotatable bonds is 2. The number of carbonyl (C=O) groups excluding carboxylic acids is 1. The molecule has 50 valence electrons. The van der Waals surface area contributed by atoms with Crippen molar-refractivity contribution in [2.75, 3.05) is 6.54 Å². The Morgan fingerprint density at radius 1 is 1.62 bits per heavy atom. The number of nitrogens with one attached hydrogen (secondary N) is 1. The molecule has 0 aliphatic carbocycles. The highest BCUT2D eigenvalue weighted by Gasteiger charge is 1.83. The minimum absolute atomic E-state index is 0. The summed E-state index contributed by atoms with van der Waals surface area (Å²) in [6.45, 7) is 4.35. The van der Waals surface area contributed by atoms with Gasteiger partial charge >= 0.3 is 0 Å². The average Bonchev–Trinajstić information content (AvgIpc) is 1.61. The summed E-state index contributed by atoms with van der Waals surface area (Å²) < 4.78 is 0. The Balaban J connectivity index is 0. The fraction of sp³-hybridized carbons (Fsp3) is 0.800. The van der Waals surface area contributed by atoms with Crippen molar-refractivity contribution in [1.29, 1.82) is 0 Å². The lowest BCUT2D eigenvalue weighted by Crippen LogP contribution is -2.19. The predicted octanol–water partition coefficient (Wildman–Crippen LogP) is 0.954. The van der Waals surface area contributed by atoms with Crippen LogP contribution in [0, 0.1) is 0 Å². The van der Waals surface area contributed by atoms with Gasteiger partial charge in [-0.1, -0.05) is 6.92 Å². The van der Waals surface area contributed by atoms with Crippen LogP contribution in [0.1, 0.15) is 20.3 Å². The van der Waals surface area contributed by atoms with Gasteiger partial charge in [0.05, 0.1) is 0 Å². The van der Waals surface area contributed by atoms with Gasteiger partial charge in [0.15, 0.2) is 0 Å². The van der Waals surface area contributed by atoms with Crippen LogP contribution in [0.15, 0.2) is 0 Å². The van der Waals surface area contributed by atoms with E-state index in [1.807, 2.05) is 6.92 Å². The van der Waals surface area contributed by atoms with Crippen molar-refractivity contribution < 1.29 is 4.79 Å². The van der Waals surface area contributed by atoms with E-state index in [4.69, 9.17) is 0 Å². The first kappa shape index (κ1) is 10.7. The number of amides is 1. The lowest BCUT2D eigenvalue weighted by Gasteiger charge is -1.93. The molecule has 2 nitrogen and oxygen atoms in total. The predicted molar refractivity (Wildman–Crippen MR) is 36.2 cm³/mol. The van der Waals surface area contributed by atoms with E-state index in [0.29, 0.717) is 0 Å². The first-order chi connectivity index (χ1) is 3.27. The van der Waals surface area contributed by atoms with Gasteiger partial charge in [-0.05, 0) is 6.42 Å². The molecule has 0 aliphatic heterocycles. The normalized spacial score (nSPS) is 7.25. The number of carbonyl (C=O) groups is 1. The first-order valence-electron chi connectivity index (χ1n) is 2.51. The van der Waals surface area contributed by atoms with Gasteiger partial charge in [-0.15, -0.1) is 12.4 Å². The van der Waals surface area contributed by atoms with Crippen LogP contribution in [0.5, 0.6) is 0 Å². The molecule has 0 radical (unpaired) electrons. The molecule has 0 aliphatic rings. The largest absolute Gasteiger partial charge is 0.356 e. The maximum absolute atomic E-state index is 10.1. The summed E-state index contributed by atoms with van der Waals surface area (Å²) in [6.07, 6.45) is 1.01. The Kier molecular flexibility index (Phi) is 9.03. The van der Waals surface area contributed by atoms with E-state index in [-0.39, 0.29) is 18.3 Å². The van der Waals surface area contributed by atoms with E-state index in [9.17, 15) is 4.79 Å². The summed E-state index contributed by atoms with van der Waals surface area (Å²) in [5.41, 5.74) is 0. The molecule has 0 bridgehead atoms. The fourth-order valence-corrected chi connectivity index (χ4v) is 0.301. The molecule has 0 saturated carbocycles. The Hall–Kier alpha value is -0.240. The van der Waals surface area contributed by atoms with Crippen LogP contribution in [-0.2, 0) is 4.79 Å². The van der Waals surface area contributed by atoms with Crippen LogP contribution >= 0.6 is 12.4 Å². The summed E-state index contributed by atoms with van der Waals surface area (Å²) >= 11 is 0. The van der Waals surface area contributed by atoms with E-state index in [1.54, 1.807) is 0 Å². The van der Waals surface area contributed by atoms with Crippen molar-refractivity contribution in [3.63, 3.8) is 0 Å². The van der Waals surface area contributed by atoms with Gasteiger partial charge in [-0.2, -0.15) is 0 Å². The molecule has 3 heteroatoms. The Morgan fingerprint density at radius 3 is 2.25 bits per heavy atom. The molecule has 1 amide bonds. The molecule has 8 heavy (non-hydrogen) atoms. The zero-order chi connectivity index (χ0) is 5.70. The second-order valence-corrected chi connectivity index (χ2v) is 1.48. The molecule has 0 aromatic carbocycles. The zero-order valence-electron chi connectivity index (χ0n) is 5.23. The maximum atomic E-state index is 10.1. The molecule has 0 saturated heterocycles. The summed E-state index contributed by atoms with van der Waals surface area (Å²) in [5.74, 6) is 0.0573. The highest BCUT2D eigenvalue weighted by molar-refractivity contribution is 5.85. The molecule has 1 N–H and O–H groups in total. The molecule has 0 aromatic rings. The molecule has 0 spiro atoms. The molecule has 0 fully saturated rings. The molecule has 0 heterocycles. The highest BCUT2D eigenvalue weighted by atomic mass is 35.5. The van der Waals surface area contributed by atoms with Crippen molar-refractivity contribution in [2.24, 2.45) is 0 Å². The third kappa shape index (κ3) is 9.23. The van der Waals surface area contributed by atoms with E-state index in [2.05, 4.69) is 5.32 Å². The molecule has 0 aromatic heterocycles. The van der Waals surface area contributed by atoms with Crippen molar-refractivity contribution in [3.8, 4) is 0 Å². The molecular formula is C5H12ClNO. The first-order valence-corrected chi connectivity index (χ1v) is 2.51. The lowest BCUT2D eigenvalue weighted by atomic mass is 10.5. The minimum Gasteiger partial charge on any atom is -0.356 e. The van der Waals surface area contributed by atoms with Crippen LogP contribution in [0.4, 0.5) is 0 Å². The highest BCUT2D eigenvalue weighted by Crippen LogP contribution is 1.67. The second-order valence-electron chi connectivity index (χ2n) is 1.48. The summed E-state index contributed by atoms with van der Waals surface area (Å²) in [6, 6.07) is 0. The van der Waals surface area contributed by atoms with Crippen LogP contribution in [-0.4, -0.2) is 12.5 Å². The van der Waals surface area contributed by atoms with Gasteiger partial charge in [0.1, 0.15) is 0 Å². The molecule has 0 atom stereocenters. The van der Waals surface area contributed by atoms with Crippen LogP contribution < -0.4 is 5.32 Å². The van der Waals surface area contributed by atoms with Gasteiger partial charge in [0, 0.05) is 13.5 Å². The Morgan fingerprint density at radius 2 is 2.12 bits per heavy atom. The van der Waals surface area contributed by atoms with Crippen molar-refractivity contribution in [3.05, 3.63) is 0 Å². The number of halogens is 1. The van der Waals surface area contributed by atoms with Gasteiger partial charge in [0.2, 0.25) is 5.91 Å². The standard InChI is InChI=1S/C5H11NO.ClH/c1-3-4-6-5(2)7;/h3-4H2,1-2H3,(H,6,7);1H. The number of hydrogen-bond acceptors (Lipinski definition) is 1. The molecule has 0 rings (SSSR count). The SMILES string of the molecule is CCCNC(C)=O.Cl. The molecule has 0 unspecified atom stereocenters. The smallest absolute Gasteiger partial charge is 0.216 e. The summed E-state index contributed by atoms with van der Waals surface area (Å²) in [5, 5.41) is 2.66. The topological polar surface area (TPSA) is 29.1 Å². The van der Waals surface area contributed by atoms with E-state index in [1.165, 1.54) is 6.92 Å². The fourth-order valence-electron chi connectivity index (χ4n) is 0.301. The Labute approximate surface area is 56.1 Å². The van der Waals surface area contributed by atoms with Crippen LogP contribution in [0.25, 0.3) is 0 Å².